The van der Waals surface area contributed by atoms with Gasteiger partial charge in [0.1, 0.15) is 6.04 Å². The van der Waals surface area contributed by atoms with Crippen LogP contribution in [-0.4, -0.2) is 21.9 Å². The topological polar surface area (TPSA) is 85.2 Å². The first-order valence-corrected chi connectivity index (χ1v) is 5.57. The zero-order chi connectivity index (χ0) is 11.8. The monoisotopic (exact) mass is 231 g/mol. The normalized spacial score (nSPS) is 19.5. The Bertz CT molecular complexity index is 538. The van der Waals surface area contributed by atoms with Gasteiger partial charge in [0.05, 0.1) is 12.5 Å². The lowest BCUT2D eigenvalue weighted by Crippen LogP contribution is -2.20. The summed E-state index contributed by atoms with van der Waals surface area (Å²) in [5, 5.41) is 12.8. The molecule has 0 fully saturated rings. The van der Waals surface area contributed by atoms with Crippen molar-refractivity contribution >= 4 is 0 Å². The molecule has 2 aromatic rings. The van der Waals surface area contributed by atoms with Crippen LogP contribution in [0, 0.1) is 0 Å². The SMILES string of the molecule is NC(CO)c1nc(C2Cc3ccccc32)no1. The van der Waals surface area contributed by atoms with Crippen LogP contribution in [0.15, 0.2) is 28.8 Å². The van der Waals surface area contributed by atoms with E-state index >= 15 is 0 Å². The van der Waals surface area contributed by atoms with E-state index in [1.54, 1.807) is 0 Å². The van der Waals surface area contributed by atoms with E-state index in [0.29, 0.717) is 11.7 Å². The van der Waals surface area contributed by atoms with Crippen LogP contribution in [0.5, 0.6) is 0 Å². The van der Waals surface area contributed by atoms with Gasteiger partial charge in [0.15, 0.2) is 5.82 Å². The van der Waals surface area contributed by atoms with Crippen LogP contribution in [0.3, 0.4) is 0 Å². The zero-order valence-electron chi connectivity index (χ0n) is 9.21. The Morgan fingerprint density at radius 1 is 1.47 bits per heavy atom. The largest absolute Gasteiger partial charge is 0.394 e. The lowest BCUT2D eigenvalue weighted by molar-refractivity contribution is 0.236. The molecule has 5 heteroatoms. The number of nitrogens with zero attached hydrogens (tertiary/aromatic N) is 2. The molecule has 88 valence electrons. The number of hydrogen-bond donors (Lipinski definition) is 2. The molecule has 1 aromatic carbocycles. The molecule has 2 atom stereocenters. The molecule has 5 nitrogen and oxygen atoms in total. The third-order valence-corrected chi connectivity index (χ3v) is 3.14. The van der Waals surface area contributed by atoms with Crippen molar-refractivity contribution in [2.75, 3.05) is 6.61 Å². The molecule has 0 saturated heterocycles. The fourth-order valence-electron chi connectivity index (χ4n) is 2.11. The highest BCUT2D eigenvalue weighted by molar-refractivity contribution is 5.43. The van der Waals surface area contributed by atoms with E-state index in [4.69, 9.17) is 15.4 Å². The summed E-state index contributed by atoms with van der Waals surface area (Å²) in [5.41, 5.74) is 8.19. The van der Waals surface area contributed by atoms with Gasteiger partial charge in [0, 0.05) is 0 Å². The molecule has 0 aliphatic heterocycles. The molecule has 17 heavy (non-hydrogen) atoms. The first-order valence-electron chi connectivity index (χ1n) is 5.57. The Labute approximate surface area is 98.3 Å². The minimum absolute atomic E-state index is 0.192. The average molecular weight is 231 g/mol. The van der Waals surface area contributed by atoms with Crippen LogP contribution in [0.4, 0.5) is 0 Å². The molecule has 1 aliphatic carbocycles. The number of aliphatic hydroxyl groups excluding tert-OH is 1. The fraction of sp³-hybridized carbons (Fsp3) is 0.333. The molecule has 1 aliphatic rings. The summed E-state index contributed by atoms with van der Waals surface area (Å²) in [4.78, 5) is 4.24. The van der Waals surface area contributed by atoms with Gasteiger partial charge >= 0.3 is 0 Å². The van der Waals surface area contributed by atoms with Gasteiger partial charge in [-0.1, -0.05) is 29.4 Å². The Balaban J connectivity index is 1.86. The standard InChI is InChI=1S/C12H13N3O2/c13-10(6-16)12-14-11(15-17-12)9-5-7-3-1-2-4-8(7)9/h1-4,9-10,16H,5-6,13H2. The van der Waals surface area contributed by atoms with Crippen molar-refractivity contribution < 1.29 is 9.63 Å². The second-order valence-corrected chi connectivity index (χ2v) is 4.24. The van der Waals surface area contributed by atoms with Crippen LogP contribution < -0.4 is 5.73 Å². The van der Waals surface area contributed by atoms with Gasteiger partial charge < -0.3 is 15.4 Å². The fourth-order valence-corrected chi connectivity index (χ4v) is 2.11. The van der Waals surface area contributed by atoms with Crippen LogP contribution >= 0.6 is 0 Å². The van der Waals surface area contributed by atoms with E-state index < -0.39 is 6.04 Å². The van der Waals surface area contributed by atoms with Gasteiger partial charge in [-0.05, 0) is 17.5 Å². The Morgan fingerprint density at radius 3 is 3.06 bits per heavy atom. The highest BCUT2D eigenvalue weighted by Crippen LogP contribution is 2.38. The molecular formula is C12H13N3O2. The van der Waals surface area contributed by atoms with Crippen LogP contribution in [0.2, 0.25) is 0 Å². The molecule has 0 amide bonds. The Hall–Kier alpha value is -1.72. The zero-order valence-corrected chi connectivity index (χ0v) is 9.21. The maximum absolute atomic E-state index is 8.91. The third kappa shape index (κ3) is 1.64. The highest BCUT2D eigenvalue weighted by Gasteiger charge is 2.31. The summed E-state index contributed by atoms with van der Waals surface area (Å²) >= 11 is 0. The quantitative estimate of drug-likeness (QED) is 0.814. The molecule has 0 bridgehead atoms. The summed E-state index contributed by atoms with van der Waals surface area (Å²) in [5.74, 6) is 1.16. The average Bonchev–Trinajstić information content (AvgIpc) is 2.79. The molecule has 3 rings (SSSR count). The summed E-state index contributed by atoms with van der Waals surface area (Å²) in [6.07, 6.45) is 0.934. The van der Waals surface area contributed by atoms with E-state index in [2.05, 4.69) is 22.3 Å². The van der Waals surface area contributed by atoms with Crippen LogP contribution in [0.25, 0.3) is 0 Å². The van der Waals surface area contributed by atoms with E-state index in [0.717, 1.165) is 6.42 Å². The van der Waals surface area contributed by atoms with Crippen molar-refractivity contribution in [3.63, 3.8) is 0 Å². The smallest absolute Gasteiger partial charge is 0.245 e. The third-order valence-electron chi connectivity index (χ3n) is 3.14. The number of aliphatic hydroxyl groups is 1. The molecule has 1 aromatic heterocycles. The minimum Gasteiger partial charge on any atom is -0.394 e. The van der Waals surface area contributed by atoms with Crippen molar-refractivity contribution in [3.8, 4) is 0 Å². The van der Waals surface area contributed by atoms with E-state index in [1.165, 1.54) is 11.1 Å². The number of benzene rings is 1. The van der Waals surface area contributed by atoms with Gasteiger partial charge in [-0.25, -0.2) is 0 Å². The van der Waals surface area contributed by atoms with E-state index in [-0.39, 0.29) is 12.5 Å². The van der Waals surface area contributed by atoms with Gasteiger partial charge in [-0.2, -0.15) is 4.98 Å². The van der Waals surface area contributed by atoms with E-state index in [9.17, 15) is 0 Å². The van der Waals surface area contributed by atoms with Crippen molar-refractivity contribution in [1.82, 2.24) is 10.1 Å². The second-order valence-electron chi connectivity index (χ2n) is 4.24. The molecule has 0 spiro atoms. The number of hydrogen-bond acceptors (Lipinski definition) is 5. The Kier molecular flexibility index (Phi) is 2.42. The molecule has 0 saturated carbocycles. The van der Waals surface area contributed by atoms with Gasteiger partial charge in [0.2, 0.25) is 5.89 Å². The van der Waals surface area contributed by atoms with Gasteiger partial charge in [0.25, 0.3) is 0 Å². The lowest BCUT2D eigenvalue weighted by Gasteiger charge is -2.27. The summed E-state index contributed by atoms with van der Waals surface area (Å²) < 4.78 is 5.04. The maximum atomic E-state index is 8.91. The summed E-state index contributed by atoms with van der Waals surface area (Å²) in [7, 11) is 0. The van der Waals surface area contributed by atoms with Crippen molar-refractivity contribution in [3.05, 3.63) is 47.1 Å². The van der Waals surface area contributed by atoms with Crippen LogP contribution in [0.1, 0.15) is 34.8 Å². The molecule has 1 heterocycles. The molecule has 3 N–H and O–H groups in total. The number of fused-ring (bicyclic) bond motifs is 1. The molecular weight excluding hydrogens is 218 g/mol. The number of aromatic nitrogens is 2. The van der Waals surface area contributed by atoms with Crippen molar-refractivity contribution in [2.24, 2.45) is 5.73 Å². The van der Waals surface area contributed by atoms with E-state index in [1.807, 2.05) is 12.1 Å². The first kappa shape index (κ1) is 10.4. The lowest BCUT2D eigenvalue weighted by atomic mass is 9.77. The first-order chi connectivity index (χ1) is 8.29. The van der Waals surface area contributed by atoms with Gasteiger partial charge in [-0.15, -0.1) is 0 Å². The highest BCUT2D eigenvalue weighted by atomic mass is 16.5. The summed E-state index contributed by atoms with van der Waals surface area (Å²) in [6.45, 7) is -0.192. The predicted octanol–water partition coefficient (Wildman–Crippen LogP) is 0.750. The molecule has 2 unspecified atom stereocenters. The van der Waals surface area contributed by atoms with Crippen molar-refractivity contribution in [1.29, 1.82) is 0 Å². The van der Waals surface area contributed by atoms with Crippen LogP contribution in [-0.2, 0) is 6.42 Å². The Morgan fingerprint density at radius 2 is 2.29 bits per heavy atom. The number of nitrogens with two attached hydrogens (primary N) is 1. The predicted molar refractivity (Wildman–Crippen MR) is 60.3 cm³/mol. The second kappa shape index (κ2) is 3.94. The minimum atomic E-state index is -0.591. The molecule has 0 radical (unpaired) electrons. The van der Waals surface area contributed by atoms with Gasteiger partial charge in [-0.3, -0.25) is 0 Å². The maximum Gasteiger partial charge on any atom is 0.245 e. The number of rotatable bonds is 3. The van der Waals surface area contributed by atoms with Crippen molar-refractivity contribution in [2.45, 2.75) is 18.4 Å². The summed E-state index contributed by atoms with van der Waals surface area (Å²) in [6, 6.07) is 7.62.